The summed E-state index contributed by atoms with van der Waals surface area (Å²) in [7, 11) is 0. The van der Waals surface area contributed by atoms with Gasteiger partial charge < -0.3 is 10.1 Å². The Balaban J connectivity index is 2.13. The molecule has 1 saturated heterocycles. The lowest BCUT2D eigenvalue weighted by Gasteiger charge is -2.38. The molecule has 1 heterocycles. The number of aryl methyl sites for hydroxylation is 2. The van der Waals surface area contributed by atoms with E-state index in [-0.39, 0.29) is 0 Å². The largest absolute Gasteiger partial charge is 0.381 e. The Morgan fingerprint density at radius 3 is 2.25 bits per heavy atom. The van der Waals surface area contributed by atoms with Crippen molar-refractivity contribution >= 4 is 0 Å². The molecule has 1 aliphatic rings. The van der Waals surface area contributed by atoms with Gasteiger partial charge in [0.25, 0.3) is 0 Å². The third kappa shape index (κ3) is 4.32. The smallest absolute Gasteiger partial charge is 0.0471 e. The first-order chi connectivity index (χ1) is 9.49. The Bertz CT molecular complexity index is 413. The second kappa shape index (κ2) is 6.73. The van der Waals surface area contributed by atoms with E-state index in [0.717, 1.165) is 19.8 Å². The van der Waals surface area contributed by atoms with E-state index in [2.05, 4.69) is 51.2 Å². The zero-order valence-corrected chi connectivity index (χ0v) is 13.5. The molecule has 1 aromatic rings. The maximum Gasteiger partial charge on any atom is 0.0471 e. The fourth-order valence-electron chi connectivity index (χ4n) is 3.25. The fraction of sp³-hybridized carbons (Fsp3) is 0.667. The molecule has 1 fully saturated rings. The molecule has 0 aromatic heterocycles. The molecule has 112 valence electrons. The first kappa shape index (κ1) is 15.5. The van der Waals surface area contributed by atoms with Gasteiger partial charge in [-0.2, -0.15) is 0 Å². The van der Waals surface area contributed by atoms with Gasteiger partial charge >= 0.3 is 0 Å². The van der Waals surface area contributed by atoms with Gasteiger partial charge in [0.1, 0.15) is 0 Å². The summed E-state index contributed by atoms with van der Waals surface area (Å²) < 4.78 is 5.59. The van der Waals surface area contributed by atoms with Crippen molar-refractivity contribution in [1.82, 2.24) is 5.32 Å². The summed E-state index contributed by atoms with van der Waals surface area (Å²) in [5, 5.41) is 3.65. The van der Waals surface area contributed by atoms with Crippen LogP contribution >= 0.6 is 0 Å². The maximum atomic E-state index is 5.59. The molecule has 0 saturated carbocycles. The van der Waals surface area contributed by atoms with E-state index in [0.29, 0.717) is 11.5 Å². The summed E-state index contributed by atoms with van der Waals surface area (Å²) in [5.74, 6) is 0. The zero-order valence-electron chi connectivity index (χ0n) is 13.5. The Morgan fingerprint density at radius 1 is 1.10 bits per heavy atom. The molecule has 1 N–H and O–H groups in total. The van der Waals surface area contributed by atoms with Crippen LogP contribution in [0.25, 0.3) is 0 Å². The van der Waals surface area contributed by atoms with E-state index in [4.69, 9.17) is 4.74 Å². The van der Waals surface area contributed by atoms with E-state index < -0.39 is 0 Å². The van der Waals surface area contributed by atoms with E-state index in [1.165, 1.54) is 36.0 Å². The van der Waals surface area contributed by atoms with Gasteiger partial charge in [-0.05, 0) is 44.1 Å². The third-order valence-corrected chi connectivity index (χ3v) is 4.30. The van der Waals surface area contributed by atoms with Crippen molar-refractivity contribution in [1.29, 1.82) is 0 Å². The average Bonchev–Trinajstić information content (AvgIpc) is 2.36. The van der Waals surface area contributed by atoms with Gasteiger partial charge in [-0.1, -0.05) is 43.2 Å². The number of ether oxygens (including phenoxy) is 1. The molecule has 2 heteroatoms. The lowest BCUT2D eigenvalue weighted by atomic mass is 9.74. The van der Waals surface area contributed by atoms with Crippen LogP contribution in [0, 0.1) is 19.3 Å². The summed E-state index contributed by atoms with van der Waals surface area (Å²) in [6.07, 6.45) is 3.50. The molecular weight excluding hydrogens is 246 g/mol. The molecule has 0 bridgehead atoms. The van der Waals surface area contributed by atoms with Crippen molar-refractivity contribution in [3.8, 4) is 0 Å². The minimum Gasteiger partial charge on any atom is -0.381 e. The highest BCUT2D eigenvalue weighted by Crippen LogP contribution is 2.34. The number of benzene rings is 1. The standard InChI is InChI=1S/C18H29NO/c1-14(2)19-13-18(5-7-20-8-6-18)12-17-10-15(3)9-16(4)11-17/h9-11,14,19H,5-8,12-13H2,1-4H3. The highest BCUT2D eigenvalue weighted by Gasteiger charge is 2.32. The Kier molecular flexibility index (Phi) is 5.22. The number of hydrogen-bond acceptors (Lipinski definition) is 2. The highest BCUT2D eigenvalue weighted by molar-refractivity contribution is 5.29. The summed E-state index contributed by atoms with van der Waals surface area (Å²) >= 11 is 0. The fourth-order valence-corrected chi connectivity index (χ4v) is 3.25. The Morgan fingerprint density at radius 2 is 1.70 bits per heavy atom. The Labute approximate surface area is 123 Å². The van der Waals surface area contributed by atoms with Crippen molar-refractivity contribution < 1.29 is 4.74 Å². The molecule has 0 amide bonds. The van der Waals surface area contributed by atoms with Crippen LogP contribution in [-0.2, 0) is 11.2 Å². The van der Waals surface area contributed by atoms with Gasteiger partial charge in [-0.3, -0.25) is 0 Å². The molecule has 0 atom stereocenters. The minimum absolute atomic E-state index is 0.364. The van der Waals surface area contributed by atoms with Gasteiger partial charge in [0.05, 0.1) is 0 Å². The van der Waals surface area contributed by atoms with Crippen LogP contribution in [0.4, 0.5) is 0 Å². The molecule has 0 aliphatic carbocycles. The SMILES string of the molecule is Cc1cc(C)cc(CC2(CNC(C)C)CCOCC2)c1. The van der Waals surface area contributed by atoms with Crippen LogP contribution in [0.15, 0.2) is 18.2 Å². The topological polar surface area (TPSA) is 21.3 Å². The quantitative estimate of drug-likeness (QED) is 0.886. The van der Waals surface area contributed by atoms with Crippen molar-refractivity contribution in [2.24, 2.45) is 5.41 Å². The average molecular weight is 275 g/mol. The van der Waals surface area contributed by atoms with Gasteiger partial charge in [0.2, 0.25) is 0 Å². The molecule has 2 rings (SSSR count). The predicted molar refractivity (Wildman–Crippen MR) is 85.2 cm³/mol. The molecule has 0 spiro atoms. The van der Waals surface area contributed by atoms with Gasteiger partial charge in [0, 0.05) is 25.8 Å². The lowest BCUT2D eigenvalue weighted by molar-refractivity contribution is 0.0141. The second-order valence-electron chi connectivity index (χ2n) is 6.82. The third-order valence-electron chi connectivity index (χ3n) is 4.30. The van der Waals surface area contributed by atoms with Gasteiger partial charge in [-0.25, -0.2) is 0 Å². The van der Waals surface area contributed by atoms with Crippen LogP contribution in [0.5, 0.6) is 0 Å². The van der Waals surface area contributed by atoms with Crippen LogP contribution in [0.1, 0.15) is 43.4 Å². The van der Waals surface area contributed by atoms with Gasteiger partial charge in [0.15, 0.2) is 0 Å². The van der Waals surface area contributed by atoms with E-state index >= 15 is 0 Å². The number of nitrogens with one attached hydrogen (secondary N) is 1. The van der Waals surface area contributed by atoms with Crippen molar-refractivity contribution in [2.75, 3.05) is 19.8 Å². The molecule has 20 heavy (non-hydrogen) atoms. The first-order valence-corrected chi connectivity index (χ1v) is 7.87. The summed E-state index contributed by atoms with van der Waals surface area (Å²) in [6, 6.07) is 7.50. The molecule has 0 unspecified atom stereocenters. The first-order valence-electron chi connectivity index (χ1n) is 7.87. The van der Waals surface area contributed by atoms with E-state index in [1.54, 1.807) is 0 Å². The highest BCUT2D eigenvalue weighted by atomic mass is 16.5. The molecular formula is C18H29NO. The lowest BCUT2D eigenvalue weighted by Crippen LogP contribution is -2.42. The van der Waals surface area contributed by atoms with E-state index in [9.17, 15) is 0 Å². The maximum absolute atomic E-state index is 5.59. The molecule has 2 nitrogen and oxygen atoms in total. The summed E-state index contributed by atoms with van der Waals surface area (Å²) in [5.41, 5.74) is 4.59. The van der Waals surface area contributed by atoms with Crippen molar-refractivity contribution in [3.63, 3.8) is 0 Å². The minimum atomic E-state index is 0.364. The van der Waals surface area contributed by atoms with Gasteiger partial charge in [-0.15, -0.1) is 0 Å². The molecule has 1 aliphatic heterocycles. The number of rotatable bonds is 5. The van der Waals surface area contributed by atoms with Crippen LogP contribution in [0.3, 0.4) is 0 Å². The van der Waals surface area contributed by atoms with Crippen LogP contribution in [0.2, 0.25) is 0 Å². The van der Waals surface area contributed by atoms with Crippen molar-refractivity contribution in [2.45, 2.75) is 53.0 Å². The van der Waals surface area contributed by atoms with Crippen LogP contribution < -0.4 is 5.32 Å². The second-order valence-corrected chi connectivity index (χ2v) is 6.82. The zero-order chi connectivity index (χ0) is 14.6. The summed E-state index contributed by atoms with van der Waals surface area (Å²) in [6.45, 7) is 11.8. The monoisotopic (exact) mass is 275 g/mol. The Hall–Kier alpha value is -0.860. The normalized spacial score (nSPS) is 18.4. The van der Waals surface area contributed by atoms with Crippen LogP contribution in [-0.4, -0.2) is 25.8 Å². The summed E-state index contributed by atoms with van der Waals surface area (Å²) in [4.78, 5) is 0. The molecule has 1 aromatic carbocycles. The predicted octanol–water partition coefficient (Wildman–Crippen LogP) is 3.64. The number of hydrogen-bond donors (Lipinski definition) is 1. The molecule has 0 radical (unpaired) electrons. The van der Waals surface area contributed by atoms with E-state index in [1.807, 2.05) is 0 Å². The van der Waals surface area contributed by atoms with Crippen molar-refractivity contribution in [3.05, 3.63) is 34.9 Å².